The Kier molecular flexibility index (Phi) is 4.16. The van der Waals surface area contributed by atoms with Crippen LogP contribution in [0.1, 0.15) is 27.7 Å². The summed E-state index contributed by atoms with van der Waals surface area (Å²) in [6.45, 7) is 8.27. The fourth-order valence-corrected chi connectivity index (χ4v) is 5.15. The van der Waals surface area contributed by atoms with E-state index in [1.54, 1.807) is 0 Å². The summed E-state index contributed by atoms with van der Waals surface area (Å²) in [4.78, 5) is 0. The minimum absolute atomic E-state index is 0.389. The topological polar surface area (TPSA) is 44.7 Å². The summed E-state index contributed by atoms with van der Waals surface area (Å²) in [5.74, 6) is 0. The van der Waals surface area contributed by atoms with Gasteiger partial charge in [-0.3, -0.25) is 0 Å². The SMILES string of the molecule is CC1(C)OB(c2ccc3c(c2)oc2c(-c4cccc5oc6ccccc6c45)cccc23)OC1(C)C. The third kappa shape index (κ3) is 2.95. The molecular formula is C30H25BO4. The second kappa shape index (κ2) is 7.00. The Labute approximate surface area is 203 Å². The number of furan rings is 2. The summed E-state index contributed by atoms with van der Waals surface area (Å²) in [6.07, 6.45) is 0. The molecule has 1 fully saturated rings. The van der Waals surface area contributed by atoms with Gasteiger partial charge in [0.2, 0.25) is 0 Å². The summed E-state index contributed by atoms with van der Waals surface area (Å²) < 4.78 is 25.2. The molecule has 0 aliphatic carbocycles. The van der Waals surface area contributed by atoms with Gasteiger partial charge in [0.1, 0.15) is 22.3 Å². The van der Waals surface area contributed by atoms with E-state index in [1.165, 1.54) is 0 Å². The number of rotatable bonds is 2. The van der Waals surface area contributed by atoms with E-state index in [-0.39, 0.29) is 11.2 Å². The molecular weight excluding hydrogens is 435 g/mol. The molecule has 0 saturated carbocycles. The van der Waals surface area contributed by atoms with Gasteiger partial charge in [0.25, 0.3) is 0 Å². The smallest absolute Gasteiger partial charge is 0.456 e. The zero-order valence-corrected chi connectivity index (χ0v) is 20.2. The van der Waals surface area contributed by atoms with E-state index in [9.17, 15) is 0 Å². The van der Waals surface area contributed by atoms with Crippen molar-refractivity contribution in [3.63, 3.8) is 0 Å². The molecule has 0 amide bonds. The van der Waals surface area contributed by atoms with Crippen molar-refractivity contribution in [1.82, 2.24) is 0 Å². The van der Waals surface area contributed by atoms with Crippen LogP contribution in [-0.2, 0) is 9.31 Å². The van der Waals surface area contributed by atoms with Gasteiger partial charge < -0.3 is 18.1 Å². The van der Waals surface area contributed by atoms with E-state index in [4.69, 9.17) is 18.1 Å². The Morgan fingerprint density at radius 3 is 2.09 bits per heavy atom. The summed E-state index contributed by atoms with van der Waals surface area (Å²) in [5.41, 5.74) is 5.78. The zero-order chi connectivity index (χ0) is 23.9. The largest absolute Gasteiger partial charge is 0.494 e. The van der Waals surface area contributed by atoms with Gasteiger partial charge in [0, 0.05) is 27.1 Å². The molecule has 7 rings (SSSR count). The molecule has 0 spiro atoms. The van der Waals surface area contributed by atoms with Gasteiger partial charge in [-0.25, -0.2) is 0 Å². The average Bonchev–Trinajstić information content (AvgIpc) is 3.47. The van der Waals surface area contributed by atoms with E-state index < -0.39 is 7.12 Å². The Balaban J connectivity index is 1.42. The molecule has 4 nitrogen and oxygen atoms in total. The maximum absolute atomic E-state index is 6.54. The van der Waals surface area contributed by atoms with Crippen LogP contribution in [0.4, 0.5) is 0 Å². The van der Waals surface area contributed by atoms with Crippen LogP contribution in [0.25, 0.3) is 55.0 Å². The normalized spacial score (nSPS) is 17.3. The highest BCUT2D eigenvalue weighted by Gasteiger charge is 2.51. The van der Waals surface area contributed by atoms with Gasteiger partial charge in [-0.15, -0.1) is 0 Å². The standard InChI is InChI=1S/C30H25BO4/c1-29(2)30(3,4)35-31(34-29)18-15-16-19-21-11-7-12-22(28(21)33-26(19)17-18)20-10-8-14-25-27(20)23-9-5-6-13-24(23)32-25/h5-17H,1-4H3. The van der Waals surface area contributed by atoms with Crippen LogP contribution >= 0.6 is 0 Å². The highest BCUT2D eigenvalue weighted by Crippen LogP contribution is 2.42. The lowest BCUT2D eigenvalue weighted by atomic mass is 9.79. The molecule has 172 valence electrons. The first-order chi connectivity index (χ1) is 16.8. The van der Waals surface area contributed by atoms with Crippen molar-refractivity contribution in [1.29, 1.82) is 0 Å². The molecule has 5 heteroatoms. The van der Waals surface area contributed by atoms with Crippen LogP contribution in [0.3, 0.4) is 0 Å². The van der Waals surface area contributed by atoms with Gasteiger partial charge in [-0.05, 0) is 56.9 Å². The number of benzene rings is 4. The minimum atomic E-state index is -0.428. The summed E-state index contributed by atoms with van der Waals surface area (Å²) >= 11 is 0. The second-order valence-electron chi connectivity index (χ2n) is 10.4. The summed E-state index contributed by atoms with van der Waals surface area (Å²) in [7, 11) is -0.428. The Bertz CT molecular complexity index is 1760. The molecule has 1 aliphatic heterocycles. The lowest BCUT2D eigenvalue weighted by molar-refractivity contribution is 0.00578. The van der Waals surface area contributed by atoms with Crippen LogP contribution in [0, 0.1) is 0 Å². The number of fused-ring (bicyclic) bond motifs is 6. The van der Waals surface area contributed by atoms with E-state index in [1.807, 2.05) is 30.3 Å². The van der Waals surface area contributed by atoms with Gasteiger partial charge in [0.15, 0.2) is 0 Å². The molecule has 4 aromatic carbocycles. The Hall–Kier alpha value is -3.54. The van der Waals surface area contributed by atoms with Crippen molar-refractivity contribution >= 4 is 56.5 Å². The van der Waals surface area contributed by atoms with Crippen LogP contribution in [0.5, 0.6) is 0 Å². The molecule has 0 radical (unpaired) electrons. The average molecular weight is 460 g/mol. The van der Waals surface area contributed by atoms with Crippen LogP contribution < -0.4 is 5.46 Å². The molecule has 2 aromatic heterocycles. The molecule has 0 unspecified atom stereocenters. The number of hydrogen-bond donors (Lipinski definition) is 0. The third-order valence-corrected chi connectivity index (χ3v) is 7.74. The first kappa shape index (κ1) is 20.8. The molecule has 0 bridgehead atoms. The first-order valence-corrected chi connectivity index (χ1v) is 12.0. The van der Waals surface area contributed by atoms with Gasteiger partial charge in [-0.2, -0.15) is 0 Å². The van der Waals surface area contributed by atoms with Gasteiger partial charge in [0.05, 0.1) is 11.2 Å². The van der Waals surface area contributed by atoms with E-state index >= 15 is 0 Å². The van der Waals surface area contributed by atoms with Crippen molar-refractivity contribution in [2.24, 2.45) is 0 Å². The summed E-state index contributed by atoms with van der Waals surface area (Å²) in [5, 5.41) is 4.37. The molecule has 3 heterocycles. The van der Waals surface area contributed by atoms with Crippen LogP contribution in [-0.4, -0.2) is 18.3 Å². The predicted octanol–water partition coefficient (Wildman–Crippen LogP) is 7.45. The van der Waals surface area contributed by atoms with Crippen LogP contribution in [0.2, 0.25) is 0 Å². The van der Waals surface area contributed by atoms with Crippen molar-refractivity contribution in [2.45, 2.75) is 38.9 Å². The molecule has 0 N–H and O–H groups in total. The number of para-hydroxylation sites is 2. The maximum atomic E-state index is 6.54. The molecule has 35 heavy (non-hydrogen) atoms. The fourth-order valence-electron chi connectivity index (χ4n) is 5.15. The maximum Gasteiger partial charge on any atom is 0.494 e. The van der Waals surface area contributed by atoms with E-state index in [0.717, 1.165) is 60.5 Å². The monoisotopic (exact) mass is 460 g/mol. The predicted molar refractivity (Wildman–Crippen MR) is 142 cm³/mol. The fraction of sp³-hybridized carbons (Fsp3) is 0.200. The van der Waals surface area contributed by atoms with Crippen molar-refractivity contribution in [3.8, 4) is 11.1 Å². The summed E-state index contributed by atoms with van der Waals surface area (Å²) in [6, 6.07) is 27.0. The van der Waals surface area contributed by atoms with Crippen molar-refractivity contribution in [3.05, 3.63) is 78.9 Å². The number of hydrogen-bond acceptors (Lipinski definition) is 4. The third-order valence-electron chi connectivity index (χ3n) is 7.74. The minimum Gasteiger partial charge on any atom is -0.456 e. The molecule has 1 aliphatic rings. The zero-order valence-electron chi connectivity index (χ0n) is 20.2. The Morgan fingerprint density at radius 1 is 0.571 bits per heavy atom. The van der Waals surface area contributed by atoms with Gasteiger partial charge in [-0.1, -0.05) is 60.7 Å². The lowest BCUT2D eigenvalue weighted by Gasteiger charge is -2.32. The molecule has 6 aromatic rings. The van der Waals surface area contributed by atoms with Crippen molar-refractivity contribution in [2.75, 3.05) is 0 Å². The first-order valence-electron chi connectivity index (χ1n) is 12.0. The Morgan fingerprint density at radius 2 is 1.26 bits per heavy atom. The van der Waals surface area contributed by atoms with E-state index in [2.05, 4.69) is 76.2 Å². The lowest BCUT2D eigenvalue weighted by Crippen LogP contribution is -2.41. The molecule has 1 saturated heterocycles. The quantitative estimate of drug-likeness (QED) is 0.252. The van der Waals surface area contributed by atoms with Crippen molar-refractivity contribution < 1.29 is 18.1 Å². The van der Waals surface area contributed by atoms with E-state index in [0.29, 0.717) is 0 Å². The highest BCUT2D eigenvalue weighted by molar-refractivity contribution is 6.62. The molecule has 0 atom stereocenters. The second-order valence-corrected chi connectivity index (χ2v) is 10.4. The van der Waals surface area contributed by atoms with Gasteiger partial charge >= 0.3 is 7.12 Å². The highest BCUT2D eigenvalue weighted by atomic mass is 16.7. The van der Waals surface area contributed by atoms with Crippen LogP contribution in [0.15, 0.2) is 87.7 Å².